The van der Waals surface area contributed by atoms with Crippen molar-refractivity contribution >= 4 is 35.0 Å². The molecule has 0 fully saturated rings. The van der Waals surface area contributed by atoms with E-state index >= 15 is 0 Å². The molecule has 4 rings (SSSR count). The Morgan fingerprint density at radius 1 is 1.11 bits per heavy atom. The van der Waals surface area contributed by atoms with Crippen LogP contribution in [0, 0.1) is 6.92 Å². The van der Waals surface area contributed by atoms with E-state index in [9.17, 15) is 9.59 Å². The average Bonchev–Trinajstić information content (AvgIpc) is 2.77. The number of carbonyl (C=O) groups is 2. The van der Waals surface area contributed by atoms with Crippen molar-refractivity contribution in [2.75, 3.05) is 17.3 Å². The molecule has 0 unspecified atom stereocenters. The molecule has 0 saturated carbocycles. The Morgan fingerprint density at radius 3 is 2.78 bits per heavy atom. The Kier molecular flexibility index (Phi) is 4.41. The molecule has 134 valence electrons. The summed E-state index contributed by atoms with van der Waals surface area (Å²) < 4.78 is 0. The number of nitrogens with one attached hydrogen (secondary N) is 1. The van der Waals surface area contributed by atoms with Crippen LogP contribution in [0.2, 0.25) is 0 Å². The van der Waals surface area contributed by atoms with Crippen molar-refractivity contribution in [3.8, 4) is 0 Å². The van der Waals surface area contributed by atoms with Crippen molar-refractivity contribution < 1.29 is 9.59 Å². The van der Waals surface area contributed by atoms with Gasteiger partial charge < -0.3 is 10.2 Å². The molecule has 27 heavy (non-hydrogen) atoms. The summed E-state index contributed by atoms with van der Waals surface area (Å²) in [4.78, 5) is 32.0. The van der Waals surface area contributed by atoms with Gasteiger partial charge in [-0.2, -0.15) is 0 Å². The first-order valence-corrected chi connectivity index (χ1v) is 9.27. The maximum atomic E-state index is 12.7. The van der Waals surface area contributed by atoms with Gasteiger partial charge >= 0.3 is 0 Å². The van der Waals surface area contributed by atoms with Gasteiger partial charge in [0, 0.05) is 29.4 Å². The van der Waals surface area contributed by atoms with Crippen molar-refractivity contribution in [1.29, 1.82) is 0 Å². The molecule has 0 aliphatic carbocycles. The quantitative estimate of drug-likeness (QED) is 0.722. The van der Waals surface area contributed by atoms with Crippen molar-refractivity contribution in [3.05, 3.63) is 77.5 Å². The molecule has 3 aromatic rings. The predicted octanol–water partition coefficient (Wildman–Crippen LogP) is 4.38. The minimum atomic E-state index is -0.166. The Bertz CT molecular complexity index is 1060. The van der Waals surface area contributed by atoms with E-state index in [1.54, 1.807) is 42.4 Å². The maximum absolute atomic E-state index is 12.7. The SMILES string of the molecule is Cc1cccc(C(=O)Nc2ccc3c(c2)Sc2ncccc2C(=O)N3C)c1. The second-order valence-electron chi connectivity index (χ2n) is 6.33. The zero-order valence-corrected chi connectivity index (χ0v) is 15.7. The second kappa shape index (κ2) is 6.89. The first-order valence-electron chi connectivity index (χ1n) is 8.46. The summed E-state index contributed by atoms with van der Waals surface area (Å²) in [5.41, 5.74) is 3.68. The molecule has 2 aromatic carbocycles. The van der Waals surface area contributed by atoms with Crippen LogP contribution in [0.5, 0.6) is 0 Å². The van der Waals surface area contributed by atoms with Gasteiger partial charge in [0.2, 0.25) is 0 Å². The highest BCUT2D eigenvalue weighted by molar-refractivity contribution is 7.99. The predicted molar refractivity (Wildman–Crippen MR) is 107 cm³/mol. The number of hydrogen-bond acceptors (Lipinski definition) is 4. The molecule has 1 aliphatic rings. The van der Waals surface area contributed by atoms with Gasteiger partial charge in [0.15, 0.2) is 0 Å². The Labute approximate surface area is 161 Å². The second-order valence-corrected chi connectivity index (χ2v) is 7.36. The fourth-order valence-corrected chi connectivity index (χ4v) is 4.05. The fourth-order valence-electron chi connectivity index (χ4n) is 2.97. The molecule has 6 heteroatoms. The first kappa shape index (κ1) is 17.3. The molecule has 1 aromatic heterocycles. The largest absolute Gasteiger partial charge is 0.322 e. The van der Waals surface area contributed by atoms with Crippen LogP contribution in [0.15, 0.2) is 70.7 Å². The number of aromatic nitrogens is 1. The van der Waals surface area contributed by atoms with Gasteiger partial charge in [-0.05, 0) is 49.4 Å². The van der Waals surface area contributed by atoms with Crippen LogP contribution in [0.25, 0.3) is 0 Å². The van der Waals surface area contributed by atoms with Crippen molar-refractivity contribution in [1.82, 2.24) is 4.98 Å². The number of aryl methyl sites for hydroxylation is 1. The minimum Gasteiger partial charge on any atom is -0.322 e. The molecule has 1 N–H and O–H groups in total. The Morgan fingerprint density at radius 2 is 1.96 bits per heavy atom. The van der Waals surface area contributed by atoms with E-state index in [4.69, 9.17) is 0 Å². The van der Waals surface area contributed by atoms with E-state index in [1.807, 2.05) is 37.3 Å². The van der Waals surface area contributed by atoms with Gasteiger partial charge in [-0.3, -0.25) is 9.59 Å². The summed E-state index contributed by atoms with van der Waals surface area (Å²) in [7, 11) is 1.74. The van der Waals surface area contributed by atoms with Gasteiger partial charge in [-0.15, -0.1) is 0 Å². The highest BCUT2D eigenvalue weighted by atomic mass is 32.2. The highest BCUT2D eigenvalue weighted by Crippen LogP contribution is 2.41. The molecule has 2 amide bonds. The molecule has 0 radical (unpaired) electrons. The maximum Gasteiger partial charge on any atom is 0.260 e. The number of carbonyl (C=O) groups excluding carboxylic acids is 2. The van der Waals surface area contributed by atoms with Gasteiger partial charge in [0.1, 0.15) is 5.03 Å². The van der Waals surface area contributed by atoms with E-state index in [2.05, 4.69) is 10.3 Å². The van der Waals surface area contributed by atoms with Crippen LogP contribution in [0.1, 0.15) is 26.3 Å². The summed E-state index contributed by atoms with van der Waals surface area (Å²) in [5.74, 6) is -0.263. The van der Waals surface area contributed by atoms with Crippen LogP contribution in [0.3, 0.4) is 0 Å². The molecule has 0 saturated heterocycles. The molecule has 1 aliphatic heterocycles. The number of pyridine rings is 1. The van der Waals surface area contributed by atoms with Crippen LogP contribution < -0.4 is 10.2 Å². The number of fused-ring (bicyclic) bond motifs is 2. The molecule has 2 heterocycles. The van der Waals surface area contributed by atoms with Gasteiger partial charge in [0.05, 0.1) is 11.3 Å². The lowest BCUT2D eigenvalue weighted by atomic mass is 10.1. The van der Waals surface area contributed by atoms with Crippen LogP contribution >= 0.6 is 11.8 Å². The summed E-state index contributed by atoms with van der Waals surface area (Å²) in [5, 5.41) is 3.59. The number of benzene rings is 2. The fraction of sp³-hybridized carbons (Fsp3) is 0.0952. The number of amides is 2. The Balaban J connectivity index is 1.67. The van der Waals surface area contributed by atoms with E-state index < -0.39 is 0 Å². The topological polar surface area (TPSA) is 62.3 Å². The molecular weight excluding hydrogens is 358 g/mol. The number of rotatable bonds is 2. The summed E-state index contributed by atoms with van der Waals surface area (Å²) >= 11 is 1.43. The van der Waals surface area contributed by atoms with E-state index in [0.717, 1.165) is 16.1 Å². The summed E-state index contributed by atoms with van der Waals surface area (Å²) in [6.07, 6.45) is 1.67. The monoisotopic (exact) mass is 375 g/mol. The van der Waals surface area contributed by atoms with Crippen LogP contribution in [-0.4, -0.2) is 23.8 Å². The lowest BCUT2D eigenvalue weighted by Gasteiger charge is -2.18. The molecular formula is C21H17N3O2S. The van der Waals surface area contributed by atoms with Crippen molar-refractivity contribution in [3.63, 3.8) is 0 Å². The number of hydrogen-bond donors (Lipinski definition) is 1. The number of anilines is 2. The van der Waals surface area contributed by atoms with Gasteiger partial charge in [-0.25, -0.2) is 4.98 Å². The van der Waals surface area contributed by atoms with E-state index in [1.165, 1.54) is 11.8 Å². The normalized spacial score (nSPS) is 12.8. The lowest BCUT2D eigenvalue weighted by Crippen LogP contribution is -2.26. The zero-order valence-electron chi connectivity index (χ0n) is 14.9. The third kappa shape index (κ3) is 3.31. The number of nitrogens with zero attached hydrogens (tertiary/aromatic N) is 2. The van der Waals surface area contributed by atoms with Crippen LogP contribution in [0.4, 0.5) is 11.4 Å². The third-order valence-corrected chi connectivity index (χ3v) is 5.44. The van der Waals surface area contributed by atoms with E-state index in [0.29, 0.717) is 21.8 Å². The summed E-state index contributed by atoms with van der Waals surface area (Å²) in [6, 6.07) is 16.5. The smallest absolute Gasteiger partial charge is 0.260 e. The standard InChI is InChI=1S/C21H17N3O2S/c1-13-5-3-6-14(11-13)19(25)23-15-8-9-17-18(12-15)27-20-16(7-4-10-22-20)21(26)24(17)2/h3-12H,1-2H3,(H,23,25). The third-order valence-electron chi connectivity index (χ3n) is 4.37. The minimum absolute atomic E-state index is 0.0964. The molecule has 0 spiro atoms. The Hall–Kier alpha value is -3.12. The molecule has 5 nitrogen and oxygen atoms in total. The van der Waals surface area contributed by atoms with Gasteiger partial charge in [-0.1, -0.05) is 29.5 Å². The highest BCUT2D eigenvalue weighted by Gasteiger charge is 2.25. The average molecular weight is 375 g/mol. The van der Waals surface area contributed by atoms with Crippen molar-refractivity contribution in [2.24, 2.45) is 0 Å². The summed E-state index contributed by atoms with van der Waals surface area (Å²) in [6.45, 7) is 1.95. The van der Waals surface area contributed by atoms with Crippen LogP contribution in [-0.2, 0) is 0 Å². The first-order chi connectivity index (χ1) is 13.0. The van der Waals surface area contributed by atoms with Gasteiger partial charge in [0.25, 0.3) is 11.8 Å². The lowest BCUT2D eigenvalue weighted by molar-refractivity contribution is 0.0987. The molecule has 0 atom stereocenters. The zero-order chi connectivity index (χ0) is 19.0. The van der Waals surface area contributed by atoms with E-state index in [-0.39, 0.29) is 11.8 Å². The van der Waals surface area contributed by atoms with Crippen molar-refractivity contribution in [2.45, 2.75) is 16.8 Å². The molecule has 0 bridgehead atoms.